The van der Waals surface area contributed by atoms with Crippen molar-refractivity contribution in [1.29, 1.82) is 0 Å². The molecule has 2 unspecified atom stereocenters. The van der Waals surface area contributed by atoms with Gasteiger partial charge in [0.1, 0.15) is 24.4 Å². The predicted octanol–water partition coefficient (Wildman–Crippen LogP) is 1.78. The normalized spacial score (nSPS) is 13.3. The molecule has 166 valence electrons. The fraction of sp³-hybridized carbons (Fsp3) is 0.476. The summed E-state index contributed by atoms with van der Waals surface area (Å²) in [6, 6.07) is 5.58. The average Bonchev–Trinajstić information content (AvgIpc) is 2.72. The van der Waals surface area contributed by atoms with Crippen molar-refractivity contribution in [2.24, 2.45) is 5.73 Å². The number of hydrogen-bond acceptors (Lipinski definition) is 7. The number of carboxylic acids is 1. The van der Waals surface area contributed by atoms with E-state index in [1.807, 2.05) is 32.1 Å². The molecule has 0 radical (unpaired) electrons. The molecule has 5 N–H and O–H groups in total. The van der Waals surface area contributed by atoms with Crippen molar-refractivity contribution in [3.63, 3.8) is 0 Å². The van der Waals surface area contributed by atoms with Gasteiger partial charge in [-0.1, -0.05) is 37.1 Å². The maximum Gasteiger partial charge on any atom is 0.328 e. The number of rotatable bonds is 13. The summed E-state index contributed by atoms with van der Waals surface area (Å²) in [5.74, 6) is -1.50. The largest absolute Gasteiger partial charge is 0.480 e. The van der Waals surface area contributed by atoms with Crippen LogP contribution in [-0.2, 0) is 14.4 Å². The van der Waals surface area contributed by atoms with Crippen molar-refractivity contribution in [3.05, 3.63) is 41.6 Å². The van der Waals surface area contributed by atoms with Crippen LogP contribution < -0.4 is 21.1 Å². The lowest BCUT2D eigenvalue weighted by molar-refractivity contribution is -0.138. The van der Waals surface area contributed by atoms with Gasteiger partial charge in [0.25, 0.3) is 0 Å². The number of thiol groups is 1. The number of ether oxygens (including phenoxy) is 1. The summed E-state index contributed by atoms with van der Waals surface area (Å²) in [7, 11) is 0. The van der Waals surface area contributed by atoms with Gasteiger partial charge >= 0.3 is 11.9 Å². The predicted molar refractivity (Wildman–Crippen MR) is 118 cm³/mol. The molecule has 0 aliphatic carbocycles. The molecule has 0 heterocycles. The SMILES string of the molecule is CCC/C=C(\CCC(N)C(=O)Oc1ccc(C)cc1)NC(CS)C(=O)NCC(=O)O. The molecule has 0 saturated heterocycles. The first-order valence-electron chi connectivity index (χ1n) is 9.86. The van der Waals surface area contributed by atoms with E-state index >= 15 is 0 Å². The molecule has 1 aromatic rings. The summed E-state index contributed by atoms with van der Waals surface area (Å²) in [5, 5.41) is 14.1. The molecule has 2 atom stereocenters. The molecule has 30 heavy (non-hydrogen) atoms. The van der Waals surface area contributed by atoms with Crippen LogP contribution in [0, 0.1) is 6.92 Å². The van der Waals surface area contributed by atoms with Gasteiger partial charge in [0.2, 0.25) is 5.91 Å². The van der Waals surface area contributed by atoms with E-state index < -0.39 is 36.5 Å². The van der Waals surface area contributed by atoms with Crippen molar-refractivity contribution in [1.82, 2.24) is 10.6 Å². The highest BCUT2D eigenvalue weighted by Crippen LogP contribution is 2.14. The van der Waals surface area contributed by atoms with E-state index in [9.17, 15) is 14.4 Å². The smallest absolute Gasteiger partial charge is 0.328 e. The first-order valence-corrected chi connectivity index (χ1v) is 10.5. The van der Waals surface area contributed by atoms with Crippen LogP contribution >= 0.6 is 12.6 Å². The second-order valence-electron chi connectivity index (χ2n) is 6.89. The third-order valence-corrected chi connectivity index (χ3v) is 4.58. The molecule has 0 fully saturated rings. The van der Waals surface area contributed by atoms with Crippen LogP contribution in [0.4, 0.5) is 0 Å². The second-order valence-corrected chi connectivity index (χ2v) is 7.25. The van der Waals surface area contributed by atoms with Gasteiger partial charge in [-0.25, -0.2) is 4.79 Å². The van der Waals surface area contributed by atoms with E-state index in [2.05, 4.69) is 23.3 Å². The summed E-state index contributed by atoms with van der Waals surface area (Å²) >= 11 is 4.17. The minimum atomic E-state index is -1.12. The van der Waals surface area contributed by atoms with Gasteiger partial charge in [-0.05, 0) is 38.3 Å². The molecule has 1 amide bonds. The minimum Gasteiger partial charge on any atom is -0.480 e. The molecule has 1 rings (SSSR count). The lowest BCUT2D eigenvalue weighted by atomic mass is 10.1. The second kappa shape index (κ2) is 13.7. The Labute approximate surface area is 182 Å². The highest BCUT2D eigenvalue weighted by Gasteiger charge is 2.20. The first kappa shape index (κ1) is 25.5. The summed E-state index contributed by atoms with van der Waals surface area (Å²) in [6.07, 6.45) is 4.38. The van der Waals surface area contributed by atoms with Crippen molar-refractivity contribution >= 4 is 30.5 Å². The minimum absolute atomic E-state index is 0.177. The van der Waals surface area contributed by atoms with Crippen LogP contribution in [0.25, 0.3) is 0 Å². The lowest BCUT2D eigenvalue weighted by Gasteiger charge is -2.20. The molecular weight excluding hydrogens is 406 g/mol. The molecule has 0 aliphatic heterocycles. The Balaban J connectivity index is 2.65. The zero-order valence-corrected chi connectivity index (χ0v) is 18.3. The Morgan fingerprint density at radius 1 is 1.27 bits per heavy atom. The number of carboxylic acid groups (broad SMARTS) is 1. The van der Waals surface area contributed by atoms with E-state index in [1.54, 1.807) is 12.1 Å². The molecule has 8 nitrogen and oxygen atoms in total. The molecule has 0 bridgehead atoms. The average molecular weight is 438 g/mol. The highest BCUT2D eigenvalue weighted by atomic mass is 32.1. The maximum absolute atomic E-state index is 12.2. The number of esters is 1. The Kier molecular flexibility index (Phi) is 11.6. The van der Waals surface area contributed by atoms with Gasteiger partial charge in [0.05, 0.1) is 0 Å². The van der Waals surface area contributed by atoms with Crippen LogP contribution in [-0.4, -0.2) is 47.3 Å². The van der Waals surface area contributed by atoms with Crippen molar-refractivity contribution < 1.29 is 24.2 Å². The Morgan fingerprint density at radius 2 is 1.93 bits per heavy atom. The van der Waals surface area contributed by atoms with E-state index in [0.29, 0.717) is 18.6 Å². The molecular formula is C21H31N3O5S. The summed E-state index contributed by atoms with van der Waals surface area (Å²) in [6.45, 7) is 3.50. The monoisotopic (exact) mass is 437 g/mol. The molecule has 9 heteroatoms. The molecule has 0 saturated carbocycles. The van der Waals surface area contributed by atoms with Crippen LogP contribution in [0.5, 0.6) is 5.75 Å². The number of carbonyl (C=O) groups excluding carboxylic acids is 2. The number of hydrogen-bond donors (Lipinski definition) is 5. The molecule has 1 aromatic carbocycles. The Morgan fingerprint density at radius 3 is 2.50 bits per heavy atom. The van der Waals surface area contributed by atoms with Gasteiger partial charge in [-0.2, -0.15) is 12.6 Å². The topological polar surface area (TPSA) is 131 Å². The number of benzene rings is 1. The summed E-state index contributed by atoms with van der Waals surface area (Å²) in [4.78, 5) is 35.0. The van der Waals surface area contributed by atoms with Gasteiger partial charge < -0.3 is 26.2 Å². The number of unbranched alkanes of at least 4 members (excludes halogenated alkanes) is 1. The van der Waals surface area contributed by atoms with Gasteiger partial charge in [0.15, 0.2) is 0 Å². The van der Waals surface area contributed by atoms with E-state index in [0.717, 1.165) is 24.1 Å². The number of allylic oxidation sites excluding steroid dienone is 2. The number of aryl methyl sites for hydroxylation is 1. The third kappa shape index (κ3) is 9.80. The zero-order valence-electron chi connectivity index (χ0n) is 17.4. The van der Waals surface area contributed by atoms with E-state index in [4.69, 9.17) is 15.6 Å². The first-order chi connectivity index (χ1) is 14.3. The third-order valence-electron chi connectivity index (χ3n) is 4.22. The summed E-state index contributed by atoms with van der Waals surface area (Å²) in [5.41, 5.74) is 7.79. The molecule has 0 aromatic heterocycles. The number of nitrogens with one attached hydrogen (secondary N) is 2. The van der Waals surface area contributed by atoms with Crippen molar-refractivity contribution in [3.8, 4) is 5.75 Å². The summed E-state index contributed by atoms with van der Waals surface area (Å²) < 4.78 is 5.30. The standard InChI is InChI=1S/C21H31N3O5S/c1-3-4-5-15(24-18(13-30)20(27)23-12-19(25)26)8-11-17(22)21(28)29-16-9-6-14(2)7-10-16/h5-7,9-10,17-18,24,30H,3-4,8,11-13,22H2,1-2H3,(H,23,27)(H,25,26)/b15-5+. The van der Waals surface area contributed by atoms with Crippen LogP contribution in [0.3, 0.4) is 0 Å². The van der Waals surface area contributed by atoms with Crippen molar-refractivity contribution in [2.75, 3.05) is 12.3 Å². The molecule has 0 spiro atoms. The quantitative estimate of drug-likeness (QED) is 0.181. The van der Waals surface area contributed by atoms with Gasteiger partial charge in [-0.15, -0.1) is 0 Å². The Hall–Kier alpha value is -2.52. The fourth-order valence-electron chi connectivity index (χ4n) is 2.48. The number of carbonyl (C=O) groups is 3. The van der Waals surface area contributed by atoms with Crippen LogP contribution in [0.1, 0.15) is 38.2 Å². The Bertz CT molecular complexity index is 737. The van der Waals surface area contributed by atoms with Gasteiger partial charge in [-0.3, -0.25) is 9.59 Å². The van der Waals surface area contributed by atoms with E-state index in [1.165, 1.54) is 0 Å². The van der Waals surface area contributed by atoms with Crippen LogP contribution in [0.2, 0.25) is 0 Å². The highest BCUT2D eigenvalue weighted by molar-refractivity contribution is 7.80. The van der Waals surface area contributed by atoms with E-state index in [-0.39, 0.29) is 5.75 Å². The van der Waals surface area contributed by atoms with Crippen LogP contribution in [0.15, 0.2) is 36.0 Å². The lowest BCUT2D eigenvalue weighted by Crippen LogP contribution is -2.46. The number of amides is 1. The number of nitrogens with two attached hydrogens (primary N) is 1. The maximum atomic E-state index is 12.2. The number of aliphatic carboxylic acids is 1. The zero-order chi connectivity index (χ0) is 22.5. The molecule has 0 aliphatic rings. The fourth-order valence-corrected chi connectivity index (χ4v) is 2.74. The van der Waals surface area contributed by atoms with Crippen molar-refractivity contribution in [2.45, 2.75) is 51.6 Å². The van der Waals surface area contributed by atoms with Gasteiger partial charge in [0, 0.05) is 11.4 Å².